The van der Waals surface area contributed by atoms with Gasteiger partial charge in [0.1, 0.15) is 16.2 Å². The molecule has 1 aliphatic heterocycles. The summed E-state index contributed by atoms with van der Waals surface area (Å²) in [5, 5.41) is 0. The monoisotopic (exact) mass is 391 g/mol. The van der Waals surface area contributed by atoms with Crippen molar-refractivity contribution in [2.75, 3.05) is 26.2 Å². The first-order chi connectivity index (χ1) is 11.9. The second-order valence-electron chi connectivity index (χ2n) is 6.99. The van der Waals surface area contributed by atoms with Gasteiger partial charge in [-0.1, -0.05) is 0 Å². The number of halogens is 2. The van der Waals surface area contributed by atoms with E-state index in [2.05, 4.69) is 4.98 Å². The van der Waals surface area contributed by atoms with Crippen LogP contribution in [0.2, 0.25) is 0 Å². The lowest BCUT2D eigenvalue weighted by atomic mass is 10.2. The lowest BCUT2D eigenvalue weighted by Gasteiger charge is -2.35. The van der Waals surface area contributed by atoms with E-state index in [1.807, 2.05) is 0 Å². The van der Waals surface area contributed by atoms with Crippen molar-refractivity contribution >= 4 is 16.1 Å². The zero-order valence-electron chi connectivity index (χ0n) is 15.2. The molecule has 1 amide bonds. The number of hydrogen-bond donors (Lipinski definition) is 0. The standard InChI is InChI=1S/C16H23F2N3O4S/c1-11-13(6-5-12(19-11)14(17)18)26(23,24)21-9-7-20(8-10-21)15(22)25-16(2,3)4/h5-6,14H,7-10H2,1-4H3. The number of carbonyl (C=O) groups is 1. The van der Waals surface area contributed by atoms with E-state index in [0.29, 0.717) is 0 Å². The smallest absolute Gasteiger partial charge is 0.410 e. The first-order valence-electron chi connectivity index (χ1n) is 8.15. The third-order valence-corrected chi connectivity index (χ3v) is 5.82. The minimum atomic E-state index is -3.87. The average molecular weight is 391 g/mol. The van der Waals surface area contributed by atoms with E-state index in [4.69, 9.17) is 4.74 Å². The van der Waals surface area contributed by atoms with Gasteiger partial charge < -0.3 is 9.64 Å². The molecule has 0 N–H and O–H groups in total. The second kappa shape index (κ2) is 7.43. The molecule has 0 atom stereocenters. The third kappa shape index (κ3) is 4.67. The van der Waals surface area contributed by atoms with Crippen molar-refractivity contribution in [3.8, 4) is 0 Å². The fraction of sp³-hybridized carbons (Fsp3) is 0.625. The van der Waals surface area contributed by atoms with Gasteiger partial charge in [-0.25, -0.2) is 22.0 Å². The van der Waals surface area contributed by atoms with Gasteiger partial charge >= 0.3 is 6.09 Å². The number of pyridine rings is 1. The number of carbonyl (C=O) groups excluding carboxylic acids is 1. The van der Waals surface area contributed by atoms with E-state index in [1.165, 1.54) is 16.1 Å². The Bertz CT molecular complexity index is 770. The highest BCUT2D eigenvalue weighted by Crippen LogP contribution is 2.24. The summed E-state index contributed by atoms with van der Waals surface area (Å²) in [6.07, 6.45) is -3.25. The lowest BCUT2D eigenvalue weighted by Crippen LogP contribution is -2.51. The Morgan fingerprint density at radius 1 is 1.19 bits per heavy atom. The van der Waals surface area contributed by atoms with E-state index in [9.17, 15) is 22.0 Å². The van der Waals surface area contributed by atoms with E-state index in [0.717, 1.165) is 12.1 Å². The van der Waals surface area contributed by atoms with Gasteiger partial charge in [0.15, 0.2) is 0 Å². The Morgan fingerprint density at radius 3 is 2.23 bits per heavy atom. The van der Waals surface area contributed by atoms with E-state index >= 15 is 0 Å². The number of nitrogens with zero attached hydrogens (tertiary/aromatic N) is 3. The molecule has 0 radical (unpaired) electrons. The van der Waals surface area contributed by atoms with Crippen molar-refractivity contribution < 1.29 is 26.7 Å². The minimum Gasteiger partial charge on any atom is -0.444 e. The molecule has 0 saturated carbocycles. The van der Waals surface area contributed by atoms with Gasteiger partial charge in [0.05, 0.1) is 5.69 Å². The number of amides is 1. The summed E-state index contributed by atoms with van der Waals surface area (Å²) in [4.78, 5) is 17.1. The van der Waals surface area contributed by atoms with Gasteiger partial charge in [-0.2, -0.15) is 4.31 Å². The Hall–Kier alpha value is -1.81. The number of hydrogen-bond acceptors (Lipinski definition) is 5. The number of sulfonamides is 1. The predicted octanol–water partition coefficient (Wildman–Crippen LogP) is 2.57. The molecule has 1 saturated heterocycles. The van der Waals surface area contributed by atoms with Crippen LogP contribution in [0.15, 0.2) is 17.0 Å². The fourth-order valence-corrected chi connectivity index (χ4v) is 4.12. The van der Waals surface area contributed by atoms with E-state index in [-0.39, 0.29) is 36.8 Å². The molecule has 1 aromatic rings. The van der Waals surface area contributed by atoms with Crippen LogP contribution in [-0.4, -0.2) is 60.5 Å². The molecular formula is C16H23F2N3O4S. The summed E-state index contributed by atoms with van der Waals surface area (Å²) in [7, 11) is -3.87. The molecule has 0 spiro atoms. The average Bonchev–Trinajstić information content (AvgIpc) is 2.53. The zero-order chi connectivity index (χ0) is 19.7. The second-order valence-corrected chi connectivity index (χ2v) is 8.90. The number of aryl methyl sites for hydroxylation is 1. The highest BCUT2D eigenvalue weighted by atomic mass is 32.2. The molecular weight excluding hydrogens is 368 g/mol. The molecule has 0 unspecified atom stereocenters. The topological polar surface area (TPSA) is 79.8 Å². The van der Waals surface area contributed by atoms with Crippen molar-refractivity contribution in [1.82, 2.24) is 14.2 Å². The van der Waals surface area contributed by atoms with Crippen LogP contribution in [0, 0.1) is 6.92 Å². The maximum absolute atomic E-state index is 12.8. The van der Waals surface area contributed by atoms with Crippen molar-refractivity contribution in [2.45, 2.75) is 44.6 Å². The third-order valence-electron chi connectivity index (χ3n) is 3.79. The molecule has 0 aromatic carbocycles. The van der Waals surface area contributed by atoms with Gasteiger partial charge in [0, 0.05) is 26.2 Å². The molecule has 0 bridgehead atoms. The molecule has 10 heteroatoms. The van der Waals surface area contributed by atoms with Crippen LogP contribution >= 0.6 is 0 Å². The first kappa shape index (κ1) is 20.5. The highest BCUT2D eigenvalue weighted by molar-refractivity contribution is 7.89. The summed E-state index contributed by atoms with van der Waals surface area (Å²) in [6, 6.07) is 2.17. The van der Waals surface area contributed by atoms with Crippen molar-refractivity contribution in [1.29, 1.82) is 0 Å². The van der Waals surface area contributed by atoms with Gasteiger partial charge in [-0.3, -0.25) is 4.98 Å². The SMILES string of the molecule is Cc1nc(C(F)F)ccc1S(=O)(=O)N1CCN(C(=O)OC(C)(C)C)CC1. The van der Waals surface area contributed by atoms with Crippen LogP contribution in [0.3, 0.4) is 0 Å². The highest BCUT2D eigenvalue weighted by Gasteiger charge is 2.33. The maximum atomic E-state index is 12.8. The number of aromatic nitrogens is 1. The normalized spacial score (nSPS) is 16.8. The molecule has 1 aliphatic rings. The van der Waals surface area contributed by atoms with Crippen molar-refractivity contribution in [3.63, 3.8) is 0 Å². The minimum absolute atomic E-state index is 0.0253. The zero-order valence-corrected chi connectivity index (χ0v) is 16.0. The molecule has 1 fully saturated rings. The molecule has 2 rings (SSSR count). The number of alkyl halides is 2. The van der Waals surface area contributed by atoms with Crippen LogP contribution in [-0.2, 0) is 14.8 Å². The van der Waals surface area contributed by atoms with Gasteiger partial charge in [-0.15, -0.1) is 0 Å². The van der Waals surface area contributed by atoms with Gasteiger partial charge in [0.2, 0.25) is 10.0 Å². The fourth-order valence-electron chi connectivity index (χ4n) is 2.54. The Labute approximate surface area is 152 Å². The summed E-state index contributed by atoms with van der Waals surface area (Å²) in [5.74, 6) is 0. The van der Waals surface area contributed by atoms with Crippen molar-refractivity contribution in [3.05, 3.63) is 23.5 Å². The van der Waals surface area contributed by atoms with Crippen LogP contribution in [0.1, 0.15) is 38.6 Å². The summed E-state index contributed by atoms with van der Waals surface area (Å²) < 4.78 is 57.4. The maximum Gasteiger partial charge on any atom is 0.410 e. The largest absolute Gasteiger partial charge is 0.444 e. The molecule has 2 heterocycles. The first-order valence-corrected chi connectivity index (χ1v) is 9.59. The predicted molar refractivity (Wildman–Crippen MR) is 90.5 cm³/mol. The summed E-state index contributed by atoms with van der Waals surface area (Å²) >= 11 is 0. The molecule has 1 aromatic heterocycles. The van der Waals surface area contributed by atoms with Crippen LogP contribution in [0.4, 0.5) is 13.6 Å². The molecule has 26 heavy (non-hydrogen) atoms. The Morgan fingerprint density at radius 2 is 1.77 bits per heavy atom. The summed E-state index contributed by atoms with van der Waals surface area (Å²) in [6.45, 7) is 7.22. The number of piperazine rings is 1. The van der Waals surface area contributed by atoms with Crippen molar-refractivity contribution in [2.24, 2.45) is 0 Å². The molecule has 146 valence electrons. The number of ether oxygens (including phenoxy) is 1. The Kier molecular flexibility index (Phi) is 5.86. The van der Waals surface area contributed by atoms with E-state index in [1.54, 1.807) is 20.8 Å². The molecule has 7 nitrogen and oxygen atoms in total. The molecule has 0 aliphatic carbocycles. The van der Waals surface area contributed by atoms with Crippen LogP contribution in [0.5, 0.6) is 0 Å². The summed E-state index contributed by atoms with van der Waals surface area (Å²) in [5.41, 5.74) is -1.07. The van der Waals surface area contributed by atoms with Gasteiger partial charge in [0.25, 0.3) is 6.43 Å². The Balaban J connectivity index is 2.10. The number of rotatable bonds is 3. The quantitative estimate of drug-likeness (QED) is 0.791. The van der Waals surface area contributed by atoms with Crippen LogP contribution < -0.4 is 0 Å². The lowest BCUT2D eigenvalue weighted by molar-refractivity contribution is 0.0192. The van der Waals surface area contributed by atoms with Gasteiger partial charge in [-0.05, 0) is 39.8 Å². The van der Waals surface area contributed by atoms with Crippen LogP contribution in [0.25, 0.3) is 0 Å². The van der Waals surface area contributed by atoms with E-state index < -0.39 is 33.8 Å².